The van der Waals surface area contributed by atoms with E-state index >= 15 is 0 Å². The highest BCUT2D eigenvalue weighted by Crippen LogP contribution is 2.20. The van der Waals surface area contributed by atoms with Gasteiger partial charge in [-0.05, 0) is 56.7 Å². The van der Waals surface area contributed by atoms with Crippen molar-refractivity contribution in [3.8, 4) is 0 Å². The van der Waals surface area contributed by atoms with Gasteiger partial charge in [-0.25, -0.2) is 4.99 Å². The van der Waals surface area contributed by atoms with E-state index in [0.717, 1.165) is 44.1 Å². The van der Waals surface area contributed by atoms with Crippen LogP contribution < -0.4 is 10.6 Å². The largest absolute Gasteiger partial charge is 0.378 e. The number of ether oxygens (including phenoxy) is 1. The molecule has 0 radical (unpaired) electrons. The van der Waals surface area contributed by atoms with Gasteiger partial charge in [0.05, 0.1) is 12.6 Å². The minimum Gasteiger partial charge on any atom is -0.378 e. The van der Waals surface area contributed by atoms with Gasteiger partial charge in [0, 0.05) is 39.4 Å². The molecular formula is C24H41IN4O2. The molecule has 1 aliphatic rings. The zero-order chi connectivity index (χ0) is 21.6. The van der Waals surface area contributed by atoms with Crippen LogP contribution in [-0.4, -0.2) is 56.7 Å². The molecule has 0 saturated heterocycles. The molecule has 0 heterocycles. The van der Waals surface area contributed by atoms with E-state index in [1.54, 1.807) is 19.0 Å². The average molecular weight is 545 g/mol. The van der Waals surface area contributed by atoms with Crippen molar-refractivity contribution >= 4 is 35.8 Å². The topological polar surface area (TPSA) is 66.0 Å². The number of halogens is 1. The third-order valence-electron chi connectivity index (χ3n) is 5.39. The van der Waals surface area contributed by atoms with Crippen molar-refractivity contribution in [1.29, 1.82) is 0 Å². The van der Waals surface area contributed by atoms with Gasteiger partial charge in [0.2, 0.25) is 0 Å². The van der Waals surface area contributed by atoms with Gasteiger partial charge in [0.15, 0.2) is 5.96 Å². The Bertz CT molecular complexity index is 643. The van der Waals surface area contributed by atoms with Gasteiger partial charge >= 0.3 is 0 Å². The Kier molecular flexibility index (Phi) is 14.6. The van der Waals surface area contributed by atoms with E-state index in [4.69, 9.17) is 4.74 Å². The van der Waals surface area contributed by atoms with Crippen molar-refractivity contribution in [1.82, 2.24) is 15.5 Å². The van der Waals surface area contributed by atoms with Crippen LogP contribution in [0, 0.1) is 0 Å². The number of aliphatic imine (C=N–C) groups is 1. The van der Waals surface area contributed by atoms with Crippen molar-refractivity contribution < 1.29 is 9.53 Å². The third kappa shape index (κ3) is 11.2. The molecule has 0 bridgehead atoms. The minimum absolute atomic E-state index is 0. The molecule has 1 aromatic rings. The number of guanidine groups is 1. The van der Waals surface area contributed by atoms with Crippen LogP contribution in [0.2, 0.25) is 0 Å². The first kappa shape index (κ1) is 27.7. The summed E-state index contributed by atoms with van der Waals surface area (Å²) < 4.78 is 5.99. The second-order valence-corrected chi connectivity index (χ2v) is 8.21. The summed E-state index contributed by atoms with van der Waals surface area (Å²) in [6, 6.07) is 7.66. The first-order valence-corrected chi connectivity index (χ1v) is 11.5. The Balaban J connectivity index is 0.00000480. The van der Waals surface area contributed by atoms with Crippen molar-refractivity contribution in [2.24, 2.45) is 4.99 Å². The number of unbranched alkanes of at least 4 members (excludes halogenated alkanes) is 2. The zero-order valence-electron chi connectivity index (χ0n) is 19.5. The second-order valence-electron chi connectivity index (χ2n) is 8.21. The fourth-order valence-corrected chi connectivity index (χ4v) is 3.62. The predicted octanol–water partition coefficient (Wildman–Crippen LogP) is 4.58. The van der Waals surface area contributed by atoms with Crippen molar-refractivity contribution in [2.75, 3.05) is 33.8 Å². The quantitative estimate of drug-likeness (QED) is 0.185. The summed E-state index contributed by atoms with van der Waals surface area (Å²) in [5.74, 6) is 0.855. The summed E-state index contributed by atoms with van der Waals surface area (Å²) in [4.78, 5) is 18.2. The third-order valence-corrected chi connectivity index (χ3v) is 5.39. The summed E-state index contributed by atoms with van der Waals surface area (Å²) in [5, 5.41) is 6.71. The van der Waals surface area contributed by atoms with Crippen molar-refractivity contribution in [3.63, 3.8) is 0 Å². The van der Waals surface area contributed by atoms with E-state index in [0.29, 0.717) is 18.2 Å². The van der Waals surface area contributed by atoms with E-state index in [1.165, 1.54) is 38.5 Å². The molecular weight excluding hydrogens is 503 g/mol. The number of hydrogen-bond donors (Lipinski definition) is 2. The van der Waals surface area contributed by atoms with Crippen LogP contribution in [0.15, 0.2) is 29.3 Å². The lowest BCUT2D eigenvalue weighted by molar-refractivity contribution is 0.0264. The fraction of sp³-hybridized carbons (Fsp3) is 0.667. The summed E-state index contributed by atoms with van der Waals surface area (Å²) in [6.45, 7) is 5.29. The maximum Gasteiger partial charge on any atom is 0.253 e. The standard InChI is InChI=1S/C24H40N4O2.HI/c1-4-25-24(26-17-9-6-10-18-30-22-11-7-5-8-12-22)27-19-20-13-15-21(16-14-20)23(29)28(2)3;/h13-16,22H,4-12,17-19H2,1-3H3,(H2,25,26,27);1H. The number of amides is 1. The molecule has 1 aromatic carbocycles. The number of hydrogen-bond acceptors (Lipinski definition) is 3. The number of benzene rings is 1. The van der Waals surface area contributed by atoms with Crippen LogP contribution in [-0.2, 0) is 11.3 Å². The molecule has 0 spiro atoms. The lowest BCUT2D eigenvalue weighted by Crippen LogP contribution is -2.37. The molecule has 176 valence electrons. The van der Waals surface area contributed by atoms with Crippen molar-refractivity contribution in [3.05, 3.63) is 35.4 Å². The van der Waals surface area contributed by atoms with Crippen LogP contribution in [0.4, 0.5) is 0 Å². The first-order valence-electron chi connectivity index (χ1n) is 11.5. The number of carbonyl (C=O) groups is 1. The van der Waals surface area contributed by atoms with Gasteiger partial charge < -0.3 is 20.3 Å². The van der Waals surface area contributed by atoms with Gasteiger partial charge in [-0.15, -0.1) is 24.0 Å². The van der Waals surface area contributed by atoms with Crippen molar-refractivity contribution in [2.45, 2.75) is 70.9 Å². The van der Waals surface area contributed by atoms with Crippen LogP contribution in [0.5, 0.6) is 0 Å². The number of nitrogens with zero attached hydrogens (tertiary/aromatic N) is 2. The molecule has 1 aliphatic carbocycles. The second kappa shape index (κ2) is 16.3. The van der Waals surface area contributed by atoms with Crippen LogP contribution in [0.1, 0.15) is 74.2 Å². The van der Waals surface area contributed by atoms with E-state index < -0.39 is 0 Å². The summed E-state index contributed by atoms with van der Waals surface area (Å²) in [6.07, 6.45) is 10.5. The van der Waals surface area contributed by atoms with E-state index in [2.05, 4.69) is 22.5 Å². The molecule has 6 nitrogen and oxygen atoms in total. The highest BCUT2D eigenvalue weighted by Gasteiger charge is 2.13. The smallest absolute Gasteiger partial charge is 0.253 e. The molecule has 31 heavy (non-hydrogen) atoms. The Hall–Kier alpha value is -1.35. The molecule has 2 N–H and O–H groups in total. The van der Waals surface area contributed by atoms with E-state index in [9.17, 15) is 4.79 Å². The highest BCUT2D eigenvalue weighted by atomic mass is 127. The lowest BCUT2D eigenvalue weighted by atomic mass is 9.98. The lowest BCUT2D eigenvalue weighted by Gasteiger charge is -2.21. The van der Waals surface area contributed by atoms with Gasteiger partial charge in [0.25, 0.3) is 5.91 Å². The van der Waals surface area contributed by atoms with E-state index in [1.807, 2.05) is 24.3 Å². The molecule has 0 atom stereocenters. The van der Waals surface area contributed by atoms with Gasteiger partial charge in [-0.3, -0.25) is 4.79 Å². The minimum atomic E-state index is 0. The summed E-state index contributed by atoms with van der Waals surface area (Å²) in [5.41, 5.74) is 1.78. The number of rotatable bonds is 11. The fourth-order valence-electron chi connectivity index (χ4n) is 3.62. The molecule has 0 aliphatic heterocycles. The molecule has 1 fully saturated rings. The van der Waals surface area contributed by atoms with Crippen LogP contribution in [0.25, 0.3) is 0 Å². The normalized spacial score (nSPS) is 14.6. The molecule has 1 saturated carbocycles. The maximum absolute atomic E-state index is 12.0. The Labute approximate surface area is 205 Å². The van der Waals surface area contributed by atoms with Gasteiger partial charge in [-0.1, -0.05) is 31.4 Å². The average Bonchev–Trinajstić information content (AvgIpc) is 2.77. The molecule has 2 rings (SSSR count). The summed E-state index contributed by atoms with van der Waals surface area (Å²) in [7, 11) is 3.53. The predicted molar refractivity (Wildman–Crippen MR) is 139 cm³/mol. The molecule has 7 heteroatoms. The molecule has 1 amide bonds. The van der Waals surface area contributed by atoms with Crippen LogP contribution in [0.3, 0.4) is 0 Å². The SMILES string of the molecule is CCNC(=NCc1ccc(C(=O)N(C)C)cc1)NCCCCCOC1CCCCC1.I. The monoisotopic (exact) mass is 544 g/mol. The summed E-state index contributed by atoms with van der Waals surface area (Å²) >= 11 is 0. The Morgan fingerprint density at radius 2 is 1.77 bits per heavy atom. The van der Waals surface area contributed by atoms with Gasteiger partial charge in [-0.2, -0.15) is 0 Å². The molecule has 0 unspecified atom stereocenters. The zero-order valence-corrected chi connectivity index (χ0v) is 21.8. The first-order chi connectivity index (χ1) is 14.6. The number of carbonyl (C=O) groups excluding carboxylic acids is 1. The molecule has 0 aromatic heterocycles. The maximum atomic E-state index is 12.0. The Morgan fingerprint density at radius 1 is 1.06 bits per heavy atom. The van der Waals surface area contributed by atoms with Crippen LogP contribution >= 0.6 is 24.0 Å². The highest BCUT2D eigenvalue weighted by molar-refractivity contribution is 14.0. The van der Waals surface area contributed by atoms with E-state index in [-0.39, 0.29) is 29.9 Å². The van der Waals surface area contributed by atoms with Gasteiger partial charge in [0.1, 0.15) is 0 Å². The number of nitrogens with one attached hydrogen (secondary N) is 2. The Morgan fingerprint density at radius 3 is 2.42 bits per heavy atom.